The number of carbonyl (C=O) groups excluding carboxylic acids is 3. The Hall–Kier alpha value is -4.40. The van der Waals surface area contributed by atoms with Crippen LogP contribution in [0.4, 0.5) is 0 Å². The molecule has 1 spiro atoms. The SMILES string of the molecule is CC[C@@H]1OC(=O)[C@H](c2cc[nH]c2)[C@H]1[C@@H]1C#CC[C@H]2C[C@@]3(O)C4=C5N[C@H](CO)C(=O)C6(CCCC6)[C@@H](c6ccc(O)cc6)CSSC[C@H]6[C@@H](O)[C@@H](O)C[C@@](C7CCCCC7)([C@@H]6C5=O)[C@H]4CC[C@]3(CCN=C(N)N)[C@H]2[C@@](C)(O)[C@H](O)C[C@@H](C(O)O)[C@@H]2CC=C3CC[C@@H](C)C[C@H]3[C@H]2C1. The molecule has 23 atom stereocenters. The van der Waals surface area contributed by atoms with Crippen molar-refractivity contribution in [3.8, 4) is 17.6 Å². The van der Waals surface area contributed by atoms with Crippen molar-refractivity contribution in [1.82, 2.24) is 10.3 Å². The number of hydrogen-bond acceptors (Lipinski definition) is 17. The van der Waals surface area contributed by atoms with Crippen LogP contribution in [0.2, 0.25) is 0 Å². The number of rotatable bonds is 10. The molecule has 95 heavy (non-hydrogen) atoms. The normalized spacial score (nSPS) is 43.1. The van der Waals surface area contributed by atoms with Crippen molar-refractivity contribution in [3.05, 3.63) is 76.8 Å². The first kappa shape index (κ1) is 69.1. The molecule has 3 heterocycles. The molecule has 6 saturated carbocycles. The number of esters is 1. The minimum absolute atomic E-state index is 0.00998. The zero-order valence-electron chi connectivity index (χ0n) is 55.7. The van der Waals surface area contributed by atoms with Gasteiger partial charge >= 0.3 is 5.97 Å². The maximum atomic E-state index is 17.2. The summed E-state index contributed by atoms with van der Waals surface area (Å²) in [4.78, 5) is 55.7. The summed E-state index contributed by atoms with van der Waals surface area (Å²) < 4.78 is 6.34. The fraction of sp³-hybridized carbons (Fsp3) is 0.733. The summed E-state index contributed by atoms with van der Waals surface area (Å²) in [6.45, 7) is 5.16. The van der Waals surface area contributed by atoms with Gasteiger partial charge in [0.1, 0.15) is 17.9 Å². The number of nitrogens with zero attached hydrogens (tertiary/aromatic N) is 1. The molecule has 2 bridgehead atoms. The van der Waals surface area contributed by atoms with Gasteiger partial charge in [-0.1, -0.05) is 97.2 Å². The molecule has 8 fully saturated rings. The third-order valence-corrected chi connectivity index (χ3v) is 29.9. The largest absolute Gasteiger partial charge is 0.508 e. The second-order valence-electron chi connectivity index (χ2n) is 31.8. The number of cyclic esters (lactones) is 1. The molecule has 9 aliphatic carbocycles. The fourth-order valence-corrected chi connectivity index (χ4v) is 26.3. The average molecular weight is 1350 g/mol. The highest BCUT2D eigenvalue weighted by molar-refractivity contribution is 8.76. The Labute approximate surface area is 567 Å². The van der Waals surface area contributed by atoms with E-state index in [-0.39, 0.29) is 92.0 Å². The van der Waals surface area contributed by atoms with E-state index in [1.807, 2.05) is 31.3 Å². The molecular formula is C75H105N5O13S2. The van der Waals surface area contributed by atoms with Gasteiger partial charge in [0.05, 0.1) is 47.7 Å². The molecule has 2 saturated heterocycles. The molecule has 2 aromatic rings. The summed E-state index contributed by atoms with van der Waals surface area (Å²) in [5, 5.41) is 118. The number of guanidine groups is 1. The number of carbonyl (C=O) groups is 3. The number of ketones is 2. The number of aromatic hydroxyl groups is 1. The summed E-state index contributed by atoms with van der Waals surface area (Å²) in [5.41, 5.74) is 8.00. The molecule has 11 aliphatic rings. The van der Waals surface area contributed by atoms with Gasteiger partial charge in [-0.05, 0) is 191 Å². The van der Waals surface area contributed by atoms with Crippen LogP contribution in [0.1, 0.15) is 185 Å². The number of aliphatic hydroxyl groups excluding tert-OH is 5. The Morgan fingerprint density at radius 2 is 1.62 bits per heavy atom. The number of aromatic amines is 1. The summed E-state index contributed by atoms with van der Waals surface area (Å²) in [6.07, 6.45) is 10.9. The van der Waals surface area contributed by atoms with Crippen LogP contribution < -0.4 is 16.8 Å². The number of Topliss-reactive ketones (excluding diaryl/α,β-unsaturated/α-hetero) is 2. The number of aliphatic imine (C=N–C) groups is 1. The van der Waals surface area contributed by atoms with Crippen LogP contribution in [0.5, 0.6) is 5.75 Å². The number of H-pyrrole nitrogens is 1. The fourth-order valence-electron chi connectivity index (χ4n) is 23.4. The highest BCUT2D eigenvalue weighted by atomic mass is 33.1. The van der Waals surface area contributed by atoms with Crippen LogP contribution in [-0.2, 0) is 19.1 Å². The first-order chi connectivity index (χ1) is 45.5. The van der Waals surface area contributed by atoms with E-state index >= 15 is 14.7 Å². The summed E-state index contributed by atoms with van der Waals surface area (Å²) in [7, 11) is 3.11. The number of fused-ring (bicyclic) bond motifs is 10. The van der Waals surface area contributed by atoms with Crippen LogP contribution in [-0.4, -0.2) is 147 Å². The molecule has 13 rings (SSSR count). The number of benzene rings is 1. The molecule has 1 aromatic heterocycles. The molecule has 0 amide bonds. The number of phenolic OH excluding ortho intramolecular Hbond substituents is 1. The molecule has 20 heteroatoms. The number of ether oxygens (including phenoxy) is 1. The summed E-state index contributed by atoms with van der Waals surface area (Å²) in [6, 6.07) is 7.52. The number of aliphatic hydroxyl groups is 8. The van der Waals surface area contributed by atoms with E-state index in [1.54, 1.807) is 36.0 Å². The molecule has 1 aromatic carbocycles. The lowest BCUT2D eigenvalue weighted by molar-refractivity contribution is -0.208. The Balaban J connectivity index is 1.03. The standard InChI is InChI=1S/C75H105N5O13S2/c1-4-57-59(60(69(90)93-57)45-24-29-78-36-45)43-11-10-12-44-34-75(92)62-53(23-27-73(75,28-30-79-70(76)77)66(44)71(3,91)58(84)33-51(68(88)89)48-22-19-41-16-15-40(2)31-49(41)50(48)32-43)74(46-13-6-5-7-14-46)35-56(83)64(85)52-38-94-95-39-54(42-17-20-47(82)21-18-42)72(25-8-9-26-72)67(87)55(37-81)80-63(62)65(86)61(52)74/h17-21,24,29,36,40,43-44,46,48-61,64,66,68,78,80-85,88-89,91-92H,4-9,12-16,22-23,25-28,30-35,37-39H2,1-3H3,(H4,76,77,79)/t40-,43-,44+,48-,49-,50+,51-,52-,53+,54-,55-,56+,57+,58-,59+,60-,61+,64-,66-,71+,73+,74+,75-/m1/s1. The zero-order chi connectivity index (χ0) is 67.1. The Bertz CT molecular complexity index is 3300. The van der Waals surface area contributed by atoms with E-state index in [0.29, 0.717) is 61.5 Å². The topological polar surface area (TPSA) is 335 Å². The minimum atomic E-state index is -2.12. The zero-order valence-corrected chi connectivity index (χ0v) is 57.3. The van der Waals surface area contributed by atoms with Crippen LogP contribution in [0, 0.1) is 105 Å². The van der Waals surface area contributed by atoms with Crippen molar-refractivity contribution < 1.29 is 65.1 Å². The quantitative estimate of drug-likeness (QED) is 0.0203. The van der Waals surface area contributed by atoms with Gasteiger partial charge in [-0.25, -0.2) is 0 Å². The third-order valence-electron chi connectivity index (χ3n) is 27.4. The summed E-state index contributed by atoms with van der Waals surface area (Å²) in [5.74, 6) is 0.0156. The smallest absolute Gasteiger partial charge is 0.314 e. The van der Waals surface area contributed by atoms with Gasteiger partial charge < -0.3 is 72.5 Å². The van der Waals surface area contributed by atoms with Crippen molar-refractivity contribution in [3.63, 3.8) is 0 Å². The molecule has 520 valence electrons. The van der Waals surface area contributed by atoms with E-state index in [4.69, 9.17) is 16.2 Å². The molecule has 2 aliphatic heterocycles. The van der Waals surface area contributed by atoms with Gasteiger partial charge in [0.15, 0.2) is 23.8 Å². The highest BCUT2D eigenvalue weighted by Gasteiger charge is 2.76. The first-order valence-corrected chi connectivity index (χ1v) is 38.7. The third kappa shape index (κ3) is 11.7. The van der Waals surface area contributed by atoms with Crippen molar-refractivity contribution in [2.75, 3.05) is 24.7 Å². The van der Waals surface area contributed by atoms with E-state index in [1.165, 1.54) is 16.4 Å². The van der Waals surface area contributed by atoms with Crippen LogP contribution in [0.25, 0.3) is 0 Å². The van der Waals surface area contributed by atoms with Gasteiger partial charge in [0, 0.05) is 89.1 Å². The lowest BCUT2D eigenvalue weighted by atomic mass is 9.39. The lowest BCUT2D eigenvalue weighted by Gasteiger charge is -2.66. The minimum Gasteiger partial charge on any atom is -0.508 e. The van der Waals surface area contributed by atoms with E-state index in [9.17, 15) is 45.6 Å². The summed E-state index contributed by atoms with van der Waals surface area (Å²) >= 11 is 0. The van der Waals surface area contributed by atoms with Crippen LogP contribution >= 0.6 is 21.6 Å². The molecular weight excluding hydrogens is 1240 g/mol. The predicted molar refractivity (Wildman–Crippen MR) is 364 cm³/mol. The molecule has 18 nitrogen and oxygen atoms in total. The Kier molecular flexibility index (Phi) is 19.8. The number of hydrogen-bond donors (Lipinski definition) is 13. The van der Waals surface area contributed by atoms with Gasteiger partial charge in [0.2, 0.25) is 0 Å². The van der Waals surface area contributed by atoms with Gasteiger partial charge in [0.25, 0.3) is 0 Å². The molecule has 15 N–H and O–H groups in total. The van der Waals surface area contributed by atoms with E-state index < -0.39 is 142 Å². The van der Waals surface area contributed by atoms with Gasteiger partial charge in [-0.3, -0.25) is 19.4 Å². The van der Waals surface area contributed by atoms with Gasteiger partial charge in [-0.15, -0.1) is 5.92 Å². The van der Waals surface area contributed by atoms with Gasteiger partial charge in [-0.2, -0.15) is 0 Å². The van der Waals surface area contributed by atoms with Crippen LogP contribution in [0.15, 0.2) is 70.6 Å². The van der Waals surface area contributed by atoms with E-state index in [2.05, 4.69) is 40.1 Å². The first-order valence-electron chi connectivity index (χ1n) is 36.2. The second-order valence-corrected chi connectivity index (χ2v) is 34.3. The number of phenols is 1. The number of aromatic nitrogens is 1. The average Bonchev–Trinajstić information content (AvgIpc) is 1.64. The Morgan fingerprint density at radius 3 is 2.32 bits per heavy atom. The molecule has 0 radical (unpaired) electrons. The van der Waals surface area contributed by atoms with Crippen molar-refractivity contribution in [2.24, 2.45) is 110 Å². The monoisotopic (exact) mass is 1350 g/mol. The maximum absolute atomic E-state index is 17.2. The van der Waals surface area contributed by atoms with Crippen LogP contribution in [0.3, 0.4) is 0 Å². The van der Waals surface area contributed by atoms with Crippen molar-refractivity contribution in [2.45, 2.75) is 222 Å². The van der Waals surface area contributed by atoms with Crippen molar-refractivity contribution in [1.29, 1.82) is 0 Å². The molecule has 0 unspecified atom stereocenters. The number of nitrogens with two attached hydrogens (primary N) is 2. The Morgan fingerprint density at radius 1 is 0.874 bits per heavy atom. The second kappa shape index (κ2) is 27.3. The lowest BCUT2D eigenvalue weighted by Crippen LogP contribution is -2.69. The predicted octanol–water partition coefficient (Wildman–Crippen LogP) is 8.04. The highest BCUT2D eigenvalue weighted by Crippen LogP contribution is 2.75. The number of allylic oxidation sites excluding steroid dienone is 3. The van der Waals surface area contributed by atoms with Crippen molar-refractivity contribution >= 4 is 45.1 Å². The number of nitrogens with one attached hydrogen (secondary N) is 2. The van der Waals surface area contributed by atoms with E-state index in [0.717, 1.165) is 75.3 Å². The maximum Gasteiger partial charge on any atom is 0.314 e.